The van der Waals surface area contributed by atoms with Gasteiger partial charge in [-0.05, 0) is 35.2 Å². The Hall–Kier alpha value is -3.65. The molecule has 0 unspecified atom stereocenters. The second-order valence-corrected chi connectivity index (χ2v) is 7.13. The summed E-state index contributed by atoms with van der Waals surface area (Å²) in [6, 6.07) is 21.4. The fourth-order valence-corrected chi connectivity index (χ4v) is 3.58. The highest BCUT2D eigenvalue weighted by atomic mass is 16.1. The SMILES string of the molecule is CCCCc1nc2ccc(=O)[nH]c2n1Cc1ccc(-c2ccccc2C#N)cc1. The Balaban J connectivity index is 1.69. The van der Waals surface area contributed by atoms with Gasteiger partial charge < -0.3 is 9.55 Å². The van der Waals surface area contributed by atoms with Crippen LogP contribution in [-0.2, 0) is 13.0 Å². The fraction of sp³-hybridized carbons (Fsp3) is 0.208. The average Bonchev–Trinajstić information content (AvgIpc) is 3.09. The lowest BCUT2D eigenvalue weighted by atomic mass is 9.99. The van der Waals surface area contributed by atoms with E-state index in [4.69, 9.17) is 4.98 Å². The summed E-state index contributed by atoms with van der Waals surface area (Å²) in [4.78, 5) is 19.5. The van der Waals surface area contributed by atoms with Gasteiger partial charge in [0, 0.05) is 12.5 Å². The molecular weight excluding hydrogens is 360 g/mol. The molecule has 1 N–H and O–H groups in total. The molecule has 2 aromatic carbocycles. The third kappa shape index (κ3) is 3.83. The summed E-state index contributed by atoms with van der Waals surface area (Å²) < 4.78 is 2.10. The molecule has 5 heteroatoms. The molecule has 0 aliphatic rings. The first kappa shape index (κ1) is 18.7. The van der Waals surface area contributed by atoms with Crippen molar-refractivity contribution in [2.75, 3.05) is 0 Å². The van der Waals surface area contributed by atoms with E-state index in [-0.39, 0.29) is 5.56 Å². The minimum atomic E-state index is -0.121. The fourth-order valence-electron chi connectivity index (χ4n) is 3.58. The summed E-state index contributed by atoms with van der Waals surface area (Å²) >= 11 is 0. The minimum Gasteiger partial charge on any atom is -0.310 e. The highest BCUT2D eigenvalue weighted by Gasteiger charge is 2.12. The maximum atomic E-state index is 11.9. The van der Waals surface area contributed by atoms with Crippen LogP contribution >= 0.6 is 0 Å². The van der Waals surface area contributed by atoms with E-state index in [1.54, 1.807) is 6.07 Å². The first-order valence-electron chi connectivity index (χ1n) is 9.86. The van der Waals surface area contributed by atoms with Gasteiger partial charge in [-0.2, -0.15) is 5.26 Å². The normalized spacial score (nSPS) is 10.9. The first-order chi connectivity index (χ1) is 14.2. The lowest BCUT2D eigenvalue weighted by Gasteiger charge is -2.10. The second kappa shape index (κ2) is 8.15. The van der Waals surface area contributed by atoms with Crippen LogP contribution in [0.5, 0.6) is 0 Å². The van der Waals surface area contributed by atoms with Crippen LogP contribution < -0.4 is 5.56 Å². The molecule has 0 bridgehead atoms. The average molecular weight is 382 g/mol. The molecular formula is C24H22N4O. The zero-order valence-corrected chi connectivity index (χ0v) is 16.4. The van der Waals surface area contributed by atoms with Gasteiger partial charge in [0.2, 0.25) is 5.56 Å². The Morgan fingerprint density at radius 1 is 1.07 bits per heavy atom. The van der Waals surface area contributed by atoms with Crippen molar-refractivity contribution in [3.05, 3.63) is 88.0 Å². The topological polar surface area (TPSA) is 74.5 Å². The molecule has 0 fully saturated rings. The molecule has 5 nitrogen and oxygen atoms in total. The Kier molecular flexibility index (Phi) is 5.26. The second-order valence-electron chi connectivity index (χ2n) is 7.13. The van der Waals surface area contributed by atoms with E-state index < -0.39 is 0 Å². The van der Waals surface area contributed by atoms with E-state index in [0.717, 1.165) is 52.9 Å². The Labute approximate surface area is 169 Å². The summed E-state index contributed by atoms with van der Waals surface area (Å²) in [5, 5.41) is 9.34. The minimum absolute atomic E-state index is 0.121. The van der Waals surface area contributed by atoms with Crippen molar-refractivity contribution in [1.82, 2.24) is 14.5 Å². The Bertz CT molecular complexity index is 1240. The quantitative estimate of drug-likeness (QED) is 0.527. The molecule has 2 aromatic heterocycles. The van der Waals surface area contributed by atoms with Crippen molar-refractivity contribution in [3.8, 4) is 17.2 Å². The van der Waals surface area contributed by atoms with Crippen LogP contribution in [0.4, 0.5) is 0 Å². The van der Waals surface area contributed by atoms with Gasteiger partial charge >= 0.3 is 0 Å². The zero-order chi connectivity index (χ0) is 20.2. The molecule has 29 heavy (non-hydrogen) atoms. The predicted octanol–water partition coefficient (Wildman–Crippen LogP) is 4.65. The predicted molar refractivity (Wildman–Crippen MR) is 115 cm³/mol. The number of rotatable bonds is 6. The maximum Gasteiger partial charge on any atom is 0.249 e. The van der Waals surface area contributed by atoms with Crippen LogP contribution in [0.1, 0.15) is 36.7 Å². The van der Waals surface area contributed by atoms with Gasteiger partial charge in [-0.25, -0.2) is 4.98 Å². The Morgan fingerprint density at radius 2 is 1.86 bits per heavy atom. The lowest BCUT2D eigenvalue weighted by molar-refractivity contribution is 0.686. The van der Waals surface area contributed by atoms with Gasteiger partial charge in [-0.1, -0.05) is 55.8 Å². The molecule has 4 aromatic rings. The third-order valence-corrected chi connectivity index (χ3v) is 5.11. The van der Waals surface area contributed by atoms with Crippen LogP contribution in [-0.4, -0.2) is 14.5 Å². The van der Waals surface area contributed by atoms with Gasteiger partial charge in [0.25, 0.3) is 0 Å². The zero-order valence-electron chi connectivity index (χ0n) is 16.4. The number of imidazole rings is 1. The number of aromatic amines is 1. The number of nitriles is 1. The van der Waals surface area contributed by atoms with Gasteiger partial charge in [0.1, 0.15) is 17.0 Å². The molecule has 0 aliphatic carbocycles. The van der Waals surface area contributed by atoms with Crippen molar-refractivity contribution in [2.45, 2.75) is 32.7 Å². The molecule has 144 valence electrons. The van der Waals surface area contributed by atoms with Crippen molar-refractivity contribution in [3.63, 3.8) is 0 Å². The molecule has 0 amide bonds. The number of aryl methyl sites for hydroxylation is 1. The number of fused-ring (bicyclic) bond motifs is 1. The van der Waals surface area contributed by atoms with Crippen molar-refractivity contribution in [1.29, 1.82) is 5.26 Å². The maximum absolute atomic E-state index is 11.9. The molecule has 0 saturated carbocycles. The van der Waals surface area contributed by atoms with Crippen molar-refractivity contribution < 1.29 is 0 Å². The first-order valence-corrected chi connectivity index (χ1v) is 9.86. The van der Waals surface area contributed by atoms with E-state index in [1.807, 2.05) is 36.4 Å². The van der Waals surface area contributed by atoms with Gasteiger partial charge in [0.15, 0.2) is 0 Å². The number of H-pyrrole nitrogens is 1. The van der Waals surface area contributed by atoms with Crippen LogP contribution in [0.3, 0.4) is 0 Å². The molecule has 4 rings (SSSR count). The largest absolute Gasteiger partial charge is 0.310 e. The summed E-state index contributed by atoms with van der Waals surface area (Å²) in [6.07, 6.45) is 3.02. The molecule has 0 saturated heterocycles. The smallest absolute Gasteiger partial charge is 0.249 e. The highest BCUT2D eigenvalue weighted by molar-refractivity contribution is 5.72. The molecule has 0 aliphatic heterocycles. The number of benzene rings is 2. The van der Waals surface area contributed by atoms with E-state index in [1.165, 1.54) is 6.07 Å². The van der Waals surface area contributed by atoms with Crippen molar-refractivity contribution in [2.24, 2.45) is 0 Å². The number of hydrogen-bond donors (Lipinski definition) is 1. The molecule has 0 spiro atoms. The summed E-state index contributed by atoms with van der Waals surface area (Å²) in [7, 11) is 0. The van der Waals surface area contributed by atoms with E-state index in [9.17, 15) is 10.1 Å². The highest BCUT2D eigenvalue weighted by Crippen LogP contribution is 2.24. The number of nitrogens with one attached hydrogen (secondary N) is 1. The number of pyridine rings is 1. The van der Waals surface area contributed by atoms with Crippen LogP contribution in [0.2, 0.25) is 0 Å². The number of hydrogen-bond acceptors (Lipinski definition) is 3. The lowest BCUT2D eigenvalue weighted by Crippen LogP contribution is -2.09. The van der Waals surface area contributed by atoms with E-state index in [0.29, 0.717) is 12.1 Å². The molecule has 0 radical (unpaired) electrons. The van der Waals surface area contributed by atoms with E-state index in [2.05, 4.69) is 34.7 Å². The monoisotopic (exact) mass is 382 g/mol. The van der Waals surface area contributed by atoms with E-state index >= 15 is 0 Å². The van der Waals surface area contributed by atoms with Gasteiger partial charge in [-0.15, -0.1) is 0 Å². The Morgan fingerprint density at radius 3 is 2.62 bits per heavy atom. The van der Waals surface area contributed by atoms with Crippen LogP contribution in [0.15, 0.2) is 65.5 Å². The summed E-state index contributed by atoms with van der Waals surface area (Å²) in [5.74, 6) is 0.989. The van der Waals surface area contributed by atoms with Crippen molar-refractivity contribution >= 4 is 11.2 Å². The summed E-state index contributed by atoms with van der Waals surface area (Å²) in [5.41, 5.74) is 5.19. The van der Waals surface area contributed by atoms with Crippen LogP contribution in [0, 0.1) is 11.3 Å². The number of aromatic nitrogens is 3. The molecule has 0 atom stereocenters. The van der Waals surface area contributed by atoms with Crippen LogP contribution in [0.25, 0.3) is 22.3 Å². The standard InChI is InChI=1S/C24H22N4O/c1-2-3-8-22-26-21-13-14-23(29)27-24(21)28(22)16-17-9-11-18(12-10-17)20-7-5-4-6-19(20)15-25/h4-7,9-14H,2-3,8,16H2,1H3,(H,27,29). The van der Waals surface area contributed by atoms with Gasteiger partial charge in [-0.3, -0.25) is 4.79 Å². The third-order valence-electron chi connectivity index (χ3n) is 5.11. The number of unbranched alkanes of at least 4 members (excludes halogenated alkanes) is 1. The number of nitrogens with zero attached hydrogens (tertiary/aromatic N) is 3. The molecule has 2 heterocycles. The van der Waals surface area contributed by atoms with Gasteiger partial charge in [0.05, 0.1) is 18.2 Å². The summed E-state index contributed by atoms with van der Waals surface area (Å²) in [6.45, 7) is 2.79.